The molecule has 1 amide bonds. The lowest BCUT2D eigenvalue weighted by Crippen LogP contribution is -2.40. The molecule has 0 atom stereocenters. The summed E-state index contributed by atoms with van der Waals surface area (Å²) >= 11 is 7.87. The van der Waals surface area contributed by atoms with Gasteiger partial charge in [-0.15, -0.1) is 0 Å². The van der Waals surface area contributed by atoms with Crippen LogP contribution in [0.5, 0.6) is 5.75 Å². The summed E-state index contributed by atoms with van der Waals surface area (Å²) in [7, 11) is -3.60. The van der Waals surface area contributed by atoms with E-state index >= 15 is 0 Å². The van der Waals surface area contributed by atoms with Crippen molar-refractivity contribution < 1.29 is 17.9 Å². The maximum Gasteiger partial charge on any atom is 0.240 e. The number of thioether (sulfide) groups is 1. The van der Waals surface area contributed by atoms with Crippen LogP contribution in [0.3, 0.4) is 0 Å². The Morgan fingerprint density at radius 2 is 1.87 bits per heavy atom. The van der Waals surface area contributed by atoms with Gasteiger partial charge < -0.3 is 10.1 Å². The van der Waals surface area contributed by atoms with E-state index in [2.05, 4.69) is 5.32 Å². The number of anilines is 1. The zero-order valence-corrected chi connectivity index (χ0v) is 19.5. The number of hydrogen-bond acceptors (Lipinski definition) is 5. The fourth-order valence-corrected chi connectivity index (χ4v) is 4.76. The molecule has 2 aromatic carbocycles. The smallest absolute Gasteiger partial charge is 0.240 e. The summed E-state index contributed by atoms with van der Waals surface area (Å²) in [6.07, 6.45) is 1.87. The van der Waals surface area contributed by atoms with Crippen LogP contribution in [0.1, 0.15) is 18.9 Å². The molecule has 9 heteroatoms. The van der Waals surface area contributed by atoms with Crippen molar-refractivity contribution in [2.75, 3.05) is 36.0 Å². The highest BCUT2D eigenvalue weighted by Crippen LogP contribution is 2.22. The zero-order valence-electron chi connectivity index (χ0n) is 17.1. The molecule has 0 aliphatic rings. The van der Waals surface area contributed by atoms with E-state index in [-0.39, 0.29) is 12.5 Å². The first-order valence-electron chi connectivity index (χ1n) is 9.59. The number of halogens is 1. The Balaban J connectivity index is 1.78. The average Bonchev–Trinajstić information content (AvgIpc) is 2.70. The zero-order chi connectivity index (χ0) is 22.0. The van der Waals surface area contributed by atoms with Crippen LogP contribution < -0.4 is 14.4 Å². The highest BCUT2D eigenvalue weighted by Gasteiger charge is 2.20. The van der Waals surface area contributed by atoms with Crippen LogP contribution in [0, 0.1) is 0 Å². The van der Waals surface area contributed by atoms with Gasteiger partial charge in [-0.2, -0.15) is 11.8 Å². The molecule has 0 aliphatic carbocycles. The van der Waals surface area contributed by atoms with E-state index in [4.69, 9.17) is 16.3 Å². The topological polar surface area (TPSA) is 75.7 Å². The molecule has 0 heterocycles. The van der Waals surface area contributed by atoms with Crippen molar-refractivity contribution in [1.29, 1.82) is 0 Å². The molecule has 6 nitrogen and oxygen atoms in total. The van der Waals surface area contributed by atoms with E-state index in [9.17, 15) is 13.2 Å². The molecule has 0 spiro atoms. The molecular weight excluding hydrogens is 444 g/mol. The molecule has 2 aromatic rings. The number of carbonyl (C=O) groups is 1. The quantitative estimate of drug-likeness (QED) is 0.475. The summed E-state index contributed by atoms with van der Waals surface area (Å²) in [5, 5.41) is 3.55. The van der Waals surface area contributed by atoms with Crippen LogP contribution >= 0.6 is 23.4 Å². The van der Waals surface area contributed by atoms with E-state index in [0.29, 0.717) is 24.6 Å². The number of nitrogens with one attached hydrogen (secondary N) is 1. The third-order valence-corrected chi connectivity index (χ3v) is 6.73. The molecule has 30 heavy (non-hydrogen) atoms. The number of ether oxygens (including phenoxy) is 1. The highest BCUT2D eigenvalue weighted by atomic mass is 35.5. The van der Waals surface area contributed by atoms with Crippen LogP contribution in [0.25, 0.3) is 0 Å². The SMILES string of the molecule is CCOc1ccc(N(CC(=O)NCCCSCc2ccccc2Cl)S(C)(=O)=O)cc1. The minimum absolute atomic E-state index is 0.264. The first-order chi connectivity index (χ1) is 14.3. The van der Waals surface area contributed by atoms with E-state index in [1.54, 1.807) is 36.0 Å². The summed E-state index contributed by atoms with van der Waals surface area (Å²) in [5.41, 5.74) is 1.51. The minimum Gasteiger partial charge on any atom is -0.494 e. The van der Waals surface area contributed by atoms with Crippen LogP contribution in [0.15, 0.2) is 48.5 Å². The molecule has 0 saturated heterocycles. The van der Waals surface area contributed by atoms with Gasteiger partial charge in [0, 0.05) is 17.3 Å². The van der Waals surface area contributed by atoms with Gasteiger partial charge in [-0.25, -0.2) is 8.42 Å². The fourth-order valence-electron chi connectivity index (χ4n) is 2.66. The Hall–Kier alpha value is -1.90. The minimum atomic E-state index is -3.60. The van der Waals surface area contributed by atoms with E-state index in [0.717, 1.165) is 39.1 Å². The summed E-state index contributed by atoms with van der Waals surface area (Å²) in [6, 6.07) is 14.4. The standard InChI is InChI=1S/C21H27ClN2O4S2/c1-3-28-19-11-9-18(10-12-19)24(30(2,26)27)15-21(25)23-13-6-14-29-16-17-7-4-5-8-20(17)22/h4-5,7-12H,3,6,13-16H2,1-2H3,(H,23,25). The van der Waals surface area contributed by atoms with Crippen LogP contribution in [-0.4, -0.2) is 46.0 Å². The average molecular weight is 471 g/mol. The lowest BCUT2D eigenvalue weighted by atomic mass is 10.2. The summed E-state index contributed by atoms with van der Waals surface area (Å²) in [4.78, 5) is 12.3. The summed E-state index contributed by atoms with van der Waals surface area (Å²) < 4.78 is 30.8. The lowest BCUT2D eigenvalue weighted by Gasteiger charge is -2.22. The van der Waals surface area contributed by atoms with Crippen molar-refractivity contribution in [3.05, 3.63) is 59.1 Å². The first-order valence-corrected chi connectivity index (χ1v) is 13.0. The lowest BCUT2D eigenvalue weighted by molar-refractivity contribution is -0.119. The van der Waals surface area contributed by atoms with Gasteiger partial charge in [0.2, 0.25) is 15.9 Å². The number of rotatable bonds is 12. The van der Waals surface area contributed by atoms with Crippen molar-refractivity contribution in [3.8, 4) is 5.75 Å². The normalized spacial score (nSPS) is 11.2. The molecule has 1 N–H and O–H groups in total. The monoisotopic (exact) mass is 470 g/mol. The Bertz CT molecular complexity index is 921. The summed E-state index contributed by atoms with van der Waals surface area (Å²) in [5.74, 6) is 1.98. The van der Waals surface area contributed by atoms with Crippen LogP contribution in [0.2, 0.25) is 5.02 Å². The van der Waals surface area contributed by atoms with E-state index in [1.807, 2.05) is 31.2 Å². The molecule has 0 aromatic heterocycles. The summed E-state index contributed by atoms with van der Waals surface area (Å²) in [6.45, 7) is 2.61. The Morgan fingerprint density at radius 1 is 1.17 bits per heavy atom. The van der Waals surface area contributed by atoms with Gasteiger partial charge in [0.1, 0.15) is 12.3 Å². The van der Waals surface area contributed by atoms with Gasteiger partial charge in [0.05, 0.1) is 18.6 Å². The predicted molar refractivity (Wildman–Crippen MR) is 125 cm³/mol. The molecular formula is C21H27ClN2O4S2. The number of carbonyl (C=O) groups excluding carboxylic acids is 1. The van der Waals surface area contributed by atoms with Gasteiger partial charge >= 0.3 is 0 Å². The second-order valence-electron chi connectivity index (χ2n) is 6.54. The van der Waals surface area contributed by atoms with Crippen molar-refractivity contribution in [1.82, 2.24) is 5.32 Å². The Morgan fingerprint density at radius 3 is 2.50 bits per heavy atom. The second kappa shape index (κ2) is 12.1. The number of benzene rings is 2. The van der Waals surface area contributed by atoms with Gasteiger partial charge in [-0.3, -0.25) is 9.10 Å². The maximum atomic E-state index is 12.3. The van der Waals surface area contributed by atoms with Crippen LogP contribution in [0.4, 0.5) is 5.69 Å². The number of sulfonamides is 1. The molecule has 0 radical (unpaired) electrons. The molecule has 0 bridgehead atoms. The fraction of sp³-hybridized carbons (Fsp3) is 0.381. The van der Waals surface area contributed by atoms with Gasteiger partial charge in [0.25, 0.3) is 0 Å². The van der Waals surface area contributed by atoms with Crippen molar-refractivity contribution in [3.63, 3.8) is 0 Å². The highest BCUT2D eigenvalue weighted by molar-refractivity contribution is 7.98. The van der Waals surface area contributed by atoms with E-state index in [1.165, 1.54) is 0 Å². The third kappa shape index (κ3) is 8.08. The predicted octanol–water partition coefficient (Wildman–Crippen LogP) is 3.94. The molecule has 2 rings (SSSR count). The van der Waals surface area contributed by atoms with Crippen LogP contribution in [-0.2, 0) is 20.6 Å². The third-order valence-electron chi connectivity index (χ3n) is 4.13. The number of amides is 1. The molecule has 0 unspecified atom stereocenters. The largest absolute Gasteiger partial charge is 0.494 e. The maximum absolute atomic E-state index is 12.3. The number of hydrogen-bond donors (Lipinski definition) is 1. The molecule has 0 aliphatic heterocycles. The Labute approximate surface area is 188 Å². The molecule has 164 valence electrons. The van der Waals surface area contributed by atoms with Crippen molar-refractivity contribution >= 4 is 45.0 Å². The van der Waals surface area contributed by atoms with E-state index < -0.39 is 10.0 Å². The second-order valence-corrected chi connectivity index (χ2v) is 9.96. The Kier molecular flexibility index (Phi) is 9.81. The molecule has 0 fully saturated rings. The first kappa shape index (κ1) is 24.4. The van der Waals surface area contributed by atoms with Gasteiger partial charge in [0.15, 0.2) is 0 Å². The number of nitrogens with zero attached hydrogens (tertiary/aromatic N) is 1. The van der Waals surface area contributed by atoms with Crippen molar-refractivity contribution in [2.45, 2.75) is 19.1 Å². The molecule has 0 saturated carbocycles. The van der Waals surface area contributed by atoms with Gasteiger partial charge in [-0.05, 0) is 55.0 Å². The van der Waals surface area contributed by atoms with Crippen molar-refractivity contribution in [2.24, 2.45) is 0 Å². The van der Waals surface area contributed by atoms with Gasteiger partial charge in [-0.1, -0.05) is 29.8 Å².